The van der Waals surface area contributed by atoms with Crippen LogP contribution in [0.1, 0.15) is 35.7 Å². The number of carbonyl (C=O) groups excluding carboxylic acids is 2. The molecule has 212 valence electrons. The van der Waals surface area contributed by atoms with Crippen molar-refractivity contribution in [3.63, 3.8) is 0 Å². The van der Waals surface area contributed by atoms with Crippen LogP contribution in [0.2, 0.25) is 0 Å². The van der Waals surface area contributed by atoms with E-state index in [0.29, 0.717) is 38.7 Å². The number of thioether (sulfide) groups is 1. The zero-order valence-corrected chi connectivity index (χ0v) is 24.3. The van der Waals surface area contributed by atoms with Gasteiger partial charge < -0.3 is 15.4 Å². The number of carbonyl (C=O) groups is 2. The van der Waals surface area contributed by atoms with Crippen molar-refractivity contribution in [3.05, 3.63) is 119 Å². The summed E-state index contributed by atoms with van der Waals surface area (Å²) < 4.78 is 6.74. The number of rotatable bonds is 9. The molecule has 5 rings (SSSR count). The van der Waals surface area contributed by atoms with Crippen LogP contribution in [0.15, 0.2) is 107 Å². The average Bonchev–Trinajstić information content (AvgIpc) is 3.01. The summed E-state index contributed by atoms with van der Waals surface area (Å²) in [5, 5.41) is 6.65. The number of hydrogen-bond acceptors (Lipinski definition) is 6. The van der Waals surface area contributed by atoms with Gasteiger partial charge in [-0.15, -0.1) is 0 Å². The third kappa shape index (κ3) is 6.37. The van der Waals surface area contributed by atoms with Crippen molar-refractivity contribution in [1.82, 2.24) is 9.55 Å². The van der Waals surface area contributed by atoms with Crippen LogP contribution in [-0.2, 0) is 4.79 Å². The molecule has 0 aliphatic heterocycles. The van der Waals surface area contributed by atoms with Gasteiger partial charge in [0.05, 0.1) is 29.5 Å². The number of ether oxygens (including phenoxy) is 1. The fraction of sp³-hybridized carbons (Fsp3) is 0.152. The zero-order valence-electron chi connectivity index (χ0n) is 23.5. The highest BCUT2D eigenvalue weighted by atomic mass is 32.2. The Morgan fingerprint density at radius 2 is 1.50 bits per heavy atom. The lowest BCUT2D eigenvalue weighted by molar-refractivity contribution is -0.113. The highest BCUT2D eigenvalue weighted by Gasteiger charge is 2.18. The number of benzene rings is 4. The van der Waals surface area contributed by atoms with Gasteiger partial charge in [-0.2, -0.15) is 0 Å². The molecule has 0 fully saturated rings. The largest absolute Gasteiger partial charge is 0.497 e. The number of nitrogens with zero attached hydrogens (tertiary/aromatic N) is 2. The van der Waals surface area contributed by atoms with Crippen LogP contribution in [0.3, 0.4) is 0 Å². The molecule has 0 saturated carbocycles. The van der Waals surface area contributed by atoms with Gasteiger partial charge in [-0.3, -0.25) is 19.0 Å². The Bertz CT molecular complexity index is 1800. The molecule has 2 N–H and O–H groups in total. The number of nitrogens with one attached hydrogen (secondary N) is 2. The standard InChI is InChI=1S/C33H30N4O4S/c1-21(2)26-8-5-7-11-29(26)37-32(40)27-9-4-6-10-28(27)36-33(37)42-20-30(38)34-23-14-12-22(13-15-23)31(39)35-24-16-18-25(41-3)19-17-24/h4-19,21H,20H2,1-3H3,(H,34,38)(H,35,39). The van der Waals surface area contributed by atoms with Gasteiger partial charge in [0.2, 0.25) is 5.91 Å². The highest BCUT2D eigenvalue weighted by molar-refractivity contribution is 7.99. The normalized spacial score (nSPS) is 11.0. The third-order valence-corrected chi connectivity index (χ3v) is 7.59. The molecular weight excluding hydrogens is 548 g/mol. The second-order valence-electron chi connectivity index (χ2n) is 9.86. The monoisotopic (exact) mass is 578 g/mol. The number of amides is 2. The second-order valence-corrected chi connectivity index (χ2v) is 10.8. The van der Waals surface area contributed by atoms with Gasteiger partial charge in [-0.1, -0.05) is 55.9 Å². The summed E-state index contributed by atoms with van der Waals surface area (Å²) in [6, 6.07) is 28.7. The molecule has 0 aliphatic rings. The molecule has 0 unspecified atom stereocenters. The minimum atomic E-state index is -0.268. The molecule has 0 atom stereocenters. The number of methoxy groups -OCH3 is 1. The van der Waals surface area contributed by atoms with Gasteiger partial charge in [0.15, 0.2) is 5.16 Å². The predicted molar refractivity (Wildman–Crippen MR) is 168 cm³/mol. The summed E-state index contributed by atoms with van der Waals surface area (Å²) in [5.74, 6) is 0.388. The Hall–Kier alpha value is -4.89. The molecule has 2 amide bonds. The molecule has 8 nitrogen and oxygen atoms in total. The topological polar surface area (TPSA) is 102 Å². The summed E-state index contributed by atoms with van der Waals surface area (Å²) in [6.07, 6.45) is 0. The van der Waals surface area contributed by atoms with Gasteiger partial charge >= 0.3 is 0 Å². The van der Waals surface area contributed by atoms with Gasteiger partial charge in [0, 0.05) is 16.9 Å². The van der Waals surface area contributed by atoms with Crippen LogP contribution < -0.4 is 20.9 Å². The van der Waals surface area contributed by atoms with Gasteiger partial charge in [-0.25, -0.2) is 4.98 Å². The van der Waals surface area contributed by atoms with E-state index < -0.39 is 0 Å². The minimum Gasteiger partial charge on any atom is -0.497 e. The molecule has 1 aromatic heterocycles. The van der Waals surface area contributed by atoms with Crippen molar-refractivity contribution in [3.8, 4) is 11.4 Å². The van der Waals surface area contributed by atoms with Gasteiger partial charge in [-0.05, 0) is 78.2 Å². The molecule has 5 aromatic rings. The molecule has 0 spiro atoms. The number of hydrogen-bond donors (Lipinski definition) is 2. The lowest BCUT2D eigenvalue weighted by Crippen LogP contribution is -2.24. The fourth-order valence-corrected chi connectivity index (χ4v) is 5.32. The summed E-state index contributed by atoms with van der Waals surface area (Å²) >= 11 is 1.20. The van der Waals surface area contributed by atoms with E-state index in [1.54, 1.807) is 72.3 Å². The van der Waals surface area contributed by atoms with Crippen LogP contribution in [-0.4, -0.2) is 34.2 Å². The van der Waals surface area contributed by atoms with Crippen LogP contribution in [0, 0.1) is 0 Å². The van der Waals surface area contributed by atoms with Crippen molar-refractivity contribution >= 4 is 45.9 Å². The molecule has 1 heterocycles. The van der Waals surface area contributed by atoms with E-state index in [4.69, 9.17) is 9.72 Å². The van der Waals surface area contributed by atoms with Crippen molar-refractivity contribution in [2.24, 2.45) is 0 Å². The van der Waals surface area contributed by atoms with Crippen molar-refractivity contribution in [2.75, 3.05) is 23.5 Å². The van der Waals surface area contributed by atoms with Gasteiger partial charge in [0.1, 0.15) is 5.75 Å². The van der Waals surface area contributed by atoms with Crippen LogP contribution in [0.4, 0.5) is 11.4 Å². The van der Waals surface area contributed by atoms with Gasteiger partial charge in [0.25, 0.3) is 11.5 Å². The third-order valence-electron chi connectivity index (χ3n) is 6.66. The molecule has 9 heteroatoms. The Morgan fingerprint density at radius 3 is 2.21 bits per heavy atom. The maximum Gasteiger partial charge on any atom is 0.266 e. The Balaban J connectivity index is 1.31. The van der Waals surface area contributed by atoms with E-state index in [9.17, 15) is 14.4 Å². The predicted octanol–water partition coefficient (Wildman–Crippen LogP) is 6.50. The molecular formula is C33H30N4O4S. The van der Waals surface area contributed by atoms with Crippen molar-refractivity contribution < 1.29 is 14.3 Å². The summed E-state index contributed by atoms with van der Waals surface area (Å²) in [5.41, 5.74) is 3.81. The first-order valence-electron chi connectivity index (χ1n) is 13.4. The molecule has 4 aromatic carbocycles. The Morgan fingerprint density at radius 1 is 0.857 bits per heavy atom. The first kappa shape index (κ1) is 28.6. The molecule has 0 saturated heterocycles. The lowest BCUT2D eigenvalue weighted by Gasteiger charge is -2.18. The molecule has 0 radical (unpaired) electrons. The first-order valence-corrected chi connectivity index (χ1v) is 14.4. The van der Waals surface area contributed by atoms with E-state index >= 15 is 0 Å². The Labute approximate surface area is 247 Å². The highest BCUT2D eigenvalue weighted by Crippen LogP contribution is 2.27. The summed E-state index contributed by atoms with van der Waals surface area (Å²) in [7, 11) is 1.58. The van der Waals surface area contributed by atoms with Crippen LogP contribution in [0.5, 0.6) is 5.75 Å². The van der Waals surface area contributed by atoms with Crippen molar-refractivity contribution in [1.29, 1.82) is 0 Å². The smallest absolute Gasteiger partial charge is 0.266 e. The van der Waals surface area contributed by atoms with E-state index in [1.807, 2.05) is 36.4 Å². The fourth-order valence-electron chi connectivity index (χ4n) is 4.51. The van der Waals surface area contributed by atoms with E-state index in [1.165, 1.54) is 11.8 Å². The van der Waals surface area contributed by atoms with Crippen LogP contribution in [0.25, 0.3) is 16.6 Å². The first-order chi connectivity index (χ1) is 20.3. The molecule has 0 aliphatic carbocycles. The maximum absolute atomic E-state index is 13.7. The number of para-hydroxylation sites is 2. The number of aromatic nitrogens is 2. The summed E-state index contributed by atoms with van der Waals surface area (Å²) in [4.78, 5) is 44.0. The SMILES string of the molecule is COc1ccc(NC(=O)c2ccc(NC(=O)CSc3nc4ccccc4c(=O)n3-c3ccccc3C(C)C)cc2)cc1. The lowest BCUT2D eigenvalue weighted by atomic mass is 10.0. The molecule has 42 heavy (non-hydrogen) atoms. The maximum atomic E-state index is 13.7. The van der Waals surface area contributed by atoms with Crippen LogP contribution >= 0.6 is 11.8 Å². The number of fused-ring (bicyclic) bond motifs is 1. The van der Waals surface area contributed by atoms with Crippen molar-refractivity contribution in [2.45, 2.75) is 24.9 Å². The van der Waals surface area contributed by atoms with E-state index in [0.717, 1.165) is 11.3 Å². The average molecular weight is 579 g/mol. The quantitative estimate of drug-likeness (QED) is 0.153. The minimum absolute atomic E-state index is 0.0360. The van der Waals surface area contributed by atoms with E-state index in [2.05, 4.69) is 24.5 Å². The second kappa shape index (κ2) is 12.7. The summed E-state index contributed by atoms with van der Waals surface area (Å²) in [6.45, 7) is 4.15. The van der Waals surface area contributed by atoms with E-state index in [-0.39, 0.29) is 29.0 Å². The molecule has 0 bridgehead atoms. The number of anilines is 2. The Kier molecular flexibility index (Phi) is 8.68. The zero-order chi connectivity index (χ0) is 29.6.